The summed E-state index contributed by atoms with van der Waals surface area (Å²) < 4.78 is 48.3. The smallest absolute Gasteiger partial charge is 0.407 e. The molecular formula is C45H61N3O14. The third-order valence-electron chi connectivity index (χ3n) is 11.4. The number of ether oxygens (including phenoxy) is 8. The molecule has 17 heteroatoms. The second-order valence-electron chi connectivity index (χ2n) is 16.2. The summed E-state index contributed by atoms with van der Waals surface area (Å²) in [5, 5.41) is 41.9. The number of rotatable bonds is 17. The number of alkyl carbamates (subject to hydrolysis) is 2. The molecule has 62 heavy (non-hydrogen) atoms. The first kappa shape index (κ1) is 47.1. The standard InChI is InChI=1S/C45H61N3O14/c1-5-31-18-16-26(2)41(57-31)60-38-28(4)20-33(48-35(50)22-47-45(54)56-25-30-14-10-7-11-15-30)36(51)40(38)62-43-37(52)39(34(23-49)59-43)61-42-27(3)17-19-32(58-42)21-46-44(53)55-24-29-12-8-6-9-13-29/h6-19,26-28,31-34,36-43,49,51-52H,5,20-25H2,1-4H3,(H,46,53)(H,47,54)(H,48,50). The zero-order valence-corrected chi connectivity index (χ0v) is 35.5. The monoisotopic (exact) mass is 867 g/mol. The highest BCUT2D eigenvalue weighted by Crippen LogP contribution is 2.37. The number of hydrogen-bond acceptors (Lipinski definition) is 14. The zero-order valence-electron chi connectivity index (χ0n) is 35.5. The molecule has 1 saturated heterocycles. The van der Waals surface area contributed by atoms with Crippen molar-refractivity contribution in [2.24, 2.45) is 17.8 Å². The Morgan fingerprint density at radius 3 is 1.82 bits per heavy atom. The molecule has 1 aliphatic carbocycles. The normalized spacial score (nSPS) is 34.3. The van der Waals surface area contributed by atoms with Crippen LogP contribution in [-0.2, 0) is 55.9 Å². The number of nitrogens with one attached hydrogen (secondary N) is 3. The van der Waals surface area contributed by atoms with Crippen LogP contribution in [0.1, 0.15) is 51.7 Å². The van der Waals surface area contributed by atoms with Crippen LogP contribution in [0, 0.1) is 17.8 Å². The van der Waals surface area contributed by atoms with Crippen LogP contribution in [-0.4, -0.2) is 127 Å². The molecule has 0 radical (unpaired) electrons. The molecule has 15 unspecified atom stereocenters. The molecule has 0 aromatic heterocycles. The largest absolute Gasteiger partial charge is 0.445 e. The van der Waals surface area contributed by atoms with Crippen molar-refractivity contribution in [2.45, 2.75) is 127 Å². The molecule has 17 nitrogen and oxygen atoms in total. The van der Waals surface area contributed by atoms with Crippen molar-refractivity contribution >= 4 is 18.1 Å². The fourth-order valence-electron chi connectivity index (χ4n) is 7.80. The van der Waals surface area contributed by atoms with Gasteiger partial charge in [-0.05, 0) is 29.9 Å². The van der Waals surface area contributed by atoms with Gasteiger partial charge in [0.25, 0.3) is 0 Å². The Labute approximate surface area is 362 Å². The summed E-state index contributed by atoms with van der Waals surface area (Å²) in [5.74, 6) is -1.33. The molecule has 2 aromatic carbocycles. The molecule has 4 aliphatic rings. The molecule has 15 atom stereocenters. The van der Waals surface area contributed by atoms with Crippen LogP contribution in [0.25, 0.3) is 0 Å². The molecular weight excluding hydrogens is 807 g/mol. The van der Waals surface area contributed by atoms with E-state index >= 15 is 0 Å². The number of carbonyl (C=O) groups is 3. The summed E-state index contributed by atoms with van der Waals surface area (Å²) in [6.45, 7) is 6.96. The molecule has 2 aromatic rings. The van der Waals surface area contributed by atoms with Crippen LogP contribution in [0.15, 0.2) is 85.0 Å². The first-order valence-corrected chi connectivity index (χ1v) is 21.4. The number of hydrogen-bond donors (Lipinski definition) is 6. The number of aliphatic hydroxyl groups is 3. The SMILES string of the molecule is CCC1C=CC(C)C(OC2C(C)CC(NC(=O)CNC(=O)OCc3ccccc3)C(O)C2OC2OC(CO)C(OC3OC(CNC(=O)OCc4ccccc4)C=CC3C)C2O)O1. The Bertz CT molecular complexity index is 1790. The Balaban J connectivity index is 1.08. The van der Waals surface area contributed by atoms with Crippen molar-refractivity contribution in [1.29, 1.82) is 0 Å². The van der Waals surface area contributed by atoms with E-state index < -0.39 is 98.9 Å². The van der Waals surface area contributed by atoms with Gasteiger partial charge < -0.3 is 69.2 Å². The van der Waals surface area contributed by atoms with Crippen LogP contribution >= 0.6 is 0 Å². The average molecular weight is 868 g/mol. The van der Waals surface area contributed by atoms with E-state index in [1.54, 1.807) is 6.08 Å². The lowest BCUT2D eigenvalue weighted by molar-refractivity contribution is -0.290. The highest BCUT2D eigenvalue weighted by molar-refractivity contribution is 5.82. The van der Waals surface area contributed by atoms with Crippen molar-refractivity contribution in [1.82, 2.24) is 16.0 Å². The minimum atomic E-state index is -1.47. The lowest BCUT2D eigenvalue weighted by atomic mass is 9.80. The van der Waals surface area contributed by atoms with E-state index in [0.29, 0.717) is 0 Å². The minimum Gasteiger partial charge on any atom is -0.445 e. The van der Waals surface area contributed by atoms with Crippen molar-refractivity contribution < 1.29 is 67.6 Å². The summed E-state index contributed by atoms with van der Waals surface area (Å²) in [6.07, 6.45) is -3.55. The van der Waals surface area contributed by atoms with Gasteiger partial charge in [0.05, 0.1) is 37.5 Å². The minimum absolute atomic E-state index is 0.0272. The van der Waals surface area contributed by atoms with E-state index in [2.05, 4.69) is 16.0 Å². The topological polar surface area (TPSA) is 222 Å². The number of aliphatic hydroxyl groups excluding tert-OH is 3. The van der Waals surface area contributed by atoms with Crippen LogP contribution < -0.4 is 16.0 Å². The van der Waals surface area contributed by atoms with Gasteiger partial charge in [0, 0.05) is 11.8 Å². The lowest BCUT2D eigenvalue weighted by Crippen LogP contribution is -2.62. The maximum atomic E-state index is 13.1. The van der Waals surface area contributed by atoms with Crippen LogP contribution in [0.2, 0.25) is 0 Å². The maximum absolute atomic E-state index is 13.1. The first-order chi connectivity index (χ1) is 29.9. The van der Waals surface area contributed by atoms with Gasteiger partial charge in [-0.3, -0.25) is 4.79 Å². The molecule has 3 amide bonds. The summed E-state index contributed by atoms with van der Waals surface area (Å²) >= 11 is 0. The van der Waals surface area contributed by atoms with E-state index in [-0.39, 0.29) is 50.0 Å². The Kier molecular flexibility index (Phi) is 17.3. The summed E-state index contributed by atoms with van der Waals surface area (Å²) in [6, 6.07) is 17.5. The molecule has 0 bridgehead atoms. The quantitative estimate of drug-likeness (QED) is 0.126. The second kappa shape index (κ2) is 22.8. The summed E-state index contributed by atoms with van der Waals surface area (Å²) in [4.78, 5) is 37.9. The molecule has 340 valence electrons. The molecule has 6 N–H and O–H groups in total. The average Bonchev–Trinajstić information content (AvgIpc) is 3.58. The van der Waals surface area contributed by atoms with Gasteiger partial charge in [0.1, 0.15) is 50.3 Å². The van der Waals surface area contributed by atoms with E-state index in [0.717, 1.165) is 17.5 Å². The zero-order chi connectivity index (χ0) is 44.2. The second-order valence-corrected chi connectivity index (χ2v) is 16.2. The van der Waals surface area contributed by atoms with Gasteiger partial charge in [0.15, 0.2) is 18.9 Å². The predicted octanol–water partition coefficient (Wildman–Crippen LogP) is 3.20. The molecule has 0 spiro atoms. The van der Waals surface area contributed by atoms with Crippen molar-refractivity contribution in [3.63, 3.8) is 0 Å². The molecule has 6 rings (SSSR count). The molecule has 1 saturated carbocycles. The predicted molar refractivity (Wildman–Crippen MR) is 222 cm³/mol. The van der Waals surface area contributed by atoms with Gasteiger partial charge in [-0.15, -0.1) is 0 Å². The number of amides is 3. The van der Waals surface area contributed by atoms with Gasteiger partial charge in [-0.1, -0.05) is 113 Å². The fraction of sp³-hybridized carbons (Fsp3) is 0.578. The summed E-state index contributed by atoms with van der Waals surface area (Å²) in [5.41, 5.74) is 1.63. The Hall–Kier alpha value is -4.43. The van der Waals surface area contributed by atoms with E-state index in [1.165, 1.54) is 0 Å². The highest BCUT2D eigenvalue weighted by atomic mass is 16.8. The van der Waals surface area contributed by atoms with Gasteiger partial charge >= 0.3 is 12.2 Å². The highest BCUT2D eigenvalue weighted by Gasteiger charge is 2.52. The van der Waals surface area contributed by atoms with Crippen LogP contribution in [0.3, 0.4) is 0 Å². The van der Waals surface area contributed by atoms with Crippen molar-refractivity contribution in [3.05, 3.63) is 96.1 Å². The van der Waals surface area contributed by atoms with Gasteiger partial charge in [-0.25, -0.2) is 9.59 Å². The van der Waals surface area contributed by atoms with Gasteiger partial charge in [-0.2, -0.15) is 0 Å². The van der Waals surface area contributed by atoms with E-state index in [9.17, 15) is 29.7 Å². The maximum Gasteiger partial charge on any atom is 0.407 e. The third-order valence-corrected chi connectivity index (χ3v) is 11.4. The Morgan fingerprint density at radius 2 is 1.23 bits per heavy atom. The number of carbonyl (C=O) groups excluding carboxylic acids is 3. The number of benzene rings is 2. The Morgan fingerprint density at radius 1 is 0.677 bits per heavy atom. The first-order valence-electron chi connectivity index (χ1n) is 21.4. The molecule has 3 aliphatic heterocycles. The fourth-order valence-corrected chi connectivity index (χ4v) is 7.80. The van der Waals surface area contributed by atoms with E-state index in [1.807, 2.05) is 107 Å². The third kappa shape index (κ3) is 12.8. The van der Waals surface area contributed by atoms with Gasteiger partial charge in [0.2, 0.25) is 5.91 Å². The van der Waals surface area contributed by atoms with Crippen LogP contribution in [0.4, 0.5) is 9.59 Å². The van der Waals surface area contributed by atoms with Crippen LogP contribution in [0.5, 0.6) is 0 Å². The molecule has 2 fully saturated rings. The lowest BCUT2D eigenvalue weighted by Gasteiger charge is -2.46. The van der Waals surface area contributed by atoms with E-state index in [4.69, 9.17) is 37.9 Å². The van der Waals surface area contributed by atoms with Crippen molar-refractivity contribution in [3.8, 4) is 0 Å². The summed E-state index contributed by atoms with van der Waals surface area (Å²) in [7, 11) is 0. The molecule has 3 heterocycles. The van der Waals surface area contributed by atoms with Crippen molar-refractivity contribution in [2.75, 3.05) is 19.7 Å².